The van der Waals surface area contributed by atoms with Crippen molar-refractivity contribution < 1.29 is 4.74 Å². The summed E-state index contributed by atoms with van der Waals surface area (Å²) < 4.78 is 5.18. The van der Waals surface area contributed by atoms with Gasteiger partial charge >= 0.3 is 0 Å². The molecule has 0 fully saturated rings. The highest BCUT2D eigenvalue weighted by atomic mass is 16.5. The van der Waals surface area contributed by atoms with Crippen LogP contribution in [0.25, 0.3) is 11.5 Å². The zero-order chi connectivity index (χ0) is 13.8. The van der Waals surface area contributed by atoms with Crippen LogP contribution in [-0.2, 0) is 0 Å². The van der Waals surface area contributed by atoms with Gasteiger partial charge in [-0.2, -0.15) is 4.98 Å². The van der Waals surface area contributed by atoms with Gasteiger partial charge in [0.2, 0.25) is 5.88 Å². The molecule has 4 nitrogen and oxygen atoms in total. The Labute approximate surface area is 113 Å². The van der Waals surface area contributed by atoms with Gasteiger partial charge in [0.1, 0.15) is 5.69 Å². The van der Waals surface area contributed by atoms with E-state index in [2.05, 4.69) is 28.8 Å². The molecule has 0 saturated carbocycles. The molecule has 2 rings (SSSR count). The number of aryl methyl sites for hydroxylation is 1. The molecule has 2 heterocycles. The second-order valence-electron chi connectivity index (χ2n) is 4.63. The minimum absolute atomic E-state index is 0.437. The predicted molar refractivity (Wildman–Crippen MR) is 75.3 cm³/mol. The molecule has 0 bridgehead atoms. The summed E-state index contributed by atoms with van der Waals surface area (Å²) in [5, 5.41) is 0. The molecule has 0 aliphatic heterocycles. The summed E-state index contributed by atoms with van der Waals surface area (Å²) in [5.41, 5.74) is 2.74. The van der Waals surface area contributed by atoms with Crippen LogP contribution in [0.15, 0.2) is 24.3 Å². The van der Waals surface area contributed by atoms with Crippen molar-refractivity contribution in [3.63, 3.8) is 0 Å². The van der Waals surface area contributed by atoms with Crippen LogP contribution in [0, 0.1) is 6.92 Å². The number of rotatable bonds is 4. The third kappa shape index (κ3) is 3.08. The van der Waals surface area contributed by atoms with E-state index >= 15 is 0 Å². The van der Waals surface area contributed by atoms with Crippen molar-refractivity contribution in [2.24, 2.45) is 0 Å². The number of nitrogens with zero attached hydrogens (tertiary/aromatic N) is 3. The van der Waals surface area contributed by atoms with Gasteiger partial charge in [-0.05, 0) is 31.4 Å². The van der Waals surface area contributed by atoms with Crippen LogP contribution in [0.1, 0.15) is 37.6 Å². The maximum absolute atomic E-state index is 5.18. The van der Waals surface area contributed by atoms with Gasteiger partial charge < -0.3 is 4.74 Å². The third-order valence-corrected chi connectivity index (χ3v) is 3.16. The highest BCUT2D eigenvalue weighted by molar-refractivity contribution is 5.50. The Bertz CT molecular complexity index is 569. The zero-order valence-electron chi connectivity index (χ0n) is 11.8. The molecular formula is C15H19N3O. The molecule has 4 heteroatoms. The van der Waals surface area contributed by atoms with Gasteiger partial charge in [-0.3, -0.25) is 0 Å². The monoisotopic (exact) mass is 257 g/mol. The highest BCUT2D eigenvalue weighted by Gasteiger charge is 2.10. The molecule has 0 aliphatic rings. The molecule has 2 aromatic rings. The maximum atomic E-state index is 5.18. The van der Waals surface area contributed by atoms with Crippen molar-refractivity contribution in [2.45, 2.75) is 33.1 Å². The minimum Gasteiger partial charge on any atom is -0.481 e. The molecule has 19 heavy (non-hydrogen) atoms. The first kappa shape index (κ1) is 13.5. The Morgan fingerprint density at radius 3 is 2.68 bits per heavy atom. The van der Waals surface area contributed by atoms with Crippen molar-refractivity contribution in [1.29, 1.82) is 0 Å². The van der Waals surface area contributed by atoms with Crippen LogP contribution in [0.4, 0.5) is 0 Å². The first-order chi connectivity index (χ1) is 9.13. The van der Waals surface area contributed by atoms with Gasteiger partial charge in [-0.1, -0.05) is 19.9 Å². The molecule has 2 aromatic heterocycles. The quantitative estimate of drug-likeness (QED) is 0.842. The summed E-state index contributed by atoms with van der Waals surface area (Å²) in [7, 11) is 1.61. The van der Waals surface area contributed by atoms with Crippen LogP contribution in [0.3, 0.4) is 0 Å². The Balaban J connectivity index is 2.44. The molecule has 1 atom stereocenters. The minimum atomic E-state index is 0.437. The average Bonchev–Trinajstić information content (AvgIpc) is 2.45. The fourth-order valence-corrected chi connectivity index (χ4v) is 1.82. The zero-order valence-corrected chi connectivity index (χ0v) is 11.8. The van der Waals surface area contributed by atoms with E-state index in [9.17, 15) is 0 Å². The molecule has 0 radical (unpaired) electrons. The molecule has 0 spiro atoms. The van der Waals surface area contributed by atoms with Gasteiger partial charge in [0.15, 0.2) is 5.82 Å². The molecule has 100 valence electrons. The van der Waals surface area contributed by atoms with Gasteiger partial charge in [-0.25, -0.2) is 9.97 Å². The number of ether oxygens (including phenoxy) is 1. The smallest absolute Gasteiger partial charge is 0.216 e. The Kier molecular flexibility index (Phi) is 4.10. The Hall–Kier alpha value is -1.97. The van der Waals surface area contributed by atoms with E-state index < -0.39 is 0 Å². The lowest BCUT2D eigenvalue weighted by Crippen LogP contribution is -2.00. The summed E-state index contributed by atoms with van der Waals surface area (Å²) in [6, 6.07) is 7.79. The molecule has 0 N–H and O–H groups in total. The number of methoxy groups -OCH3 is 1. The summed E-state index contributed by atoms with van der Waals surface area (Å²) >= 11 is 0. The van der Waals surface area contributed by atoms with E-state index in [0.29, 0.717) is 17.6 Å². The third-order valence-electron chi connectivity index (χ3n) is 3.16. The van der Waals surface area contributed by atoms with Crippen LogP contribution >= 0.6 is 0 Å². The predicted octanol–water partition coefficient (Wildman–Crippen LogP) is 3.37. The fourth-order valence-electron chi connectivity index (χ4n) is 1.82. The number of hydrogen-bond donors (Lipinski definition) is 0. The molecule has 1 unspecified atom stereocenters. The van der Waals surface area contributed by atoms with E-state index in [0.717, 1.165) is 23.5 Å². The van der Waals surface area contributed by atoms with Gasteiger partial charge in [0.05, 0.1) is 7.11 Å². The van der Waals surface area contributed by atoms with E-state index in [1.54, 1.807) is 7.11 Å². The first-order valence-corrected chi connectivity index (χ1v) is 6.51. The lowest BCUT2D eigenvalue weighted by atomic mass is 10.0. The van der Waals surface area contributed by atoms with E-state index in [1.165, 1.54) is 0 Å². The standard InChI is InChI=1S/C15H19N3O/c1-5-10(2)12-7-6-8-13(17-12)15-16-11(3)9-14(18-15)19-4/h6-10H,5H2,1-4H3. The Morgan fingerprint density at radius 1 is 1.21 bits per heavy atom. The second-order valence-corrected chi connectivity index (χ2v) is 4.63. The van der Waals surface area contributed by atoms with Crippen LogP contribution in [0.2, 0.25) is 0 Å². The van der Waals surface area contributed by atoms with Crippen molar-refractivity contribution >= 4 is 0 Å². The highest BCUT2D eigenvalue weighted by Crippen LogP contribution is 2.21. The number of pyridine rings is 1. The first-order valence-electron chi connectivity index (χ1n) is 6.51. The number of aromatic nitrogens is 3. The van der Waals surface area contributed by atoms with Gasteiger partial charge in [0, 0.05) is 17.5 Å². The van der Waals surface area contributed by atoms with E-state index in [4.69, 9.17) is 4.74 Å². The topological polar surface area (TPSA) is 47.9 Å². The van der Waals surface area contributed by atoms with E-state index in [-0.39, 0.29) is 0 Å². The molecular weight excluding hydrogens is 238 g/mol. The summed E-state index contributed by atoms with van der Waals surface area (Å²) in [6.45, 7) is 6.25. The van der Waals surface area contributed by atoms with Crippen molar-refractivity contribution in [3.8, 4) is 17.4 Å². The van der Waals surface area contributed by atoms with Crippen LogP contribution < -0.4 is 4.74 Å². The SMILES string of the molecule is CCC(C)c1cccc(-c2nc(C)cc(OC)n2)n1. The molecule has 0 saturated heterocycles. The summed E-state index contributed by atoms with van der Waals surface area (Å²) in [5.74, 6) is 1.62. The molecule has 0 aromatic carbocycles. The van der Waals surface area contributed by atoms with Gasteiger partial charge in [-0.15, -0.1) is 0 Å². The lowest BCUT2D eigenvalue weighted by molar-refractivity contribution is 0.397. The van der Waals surface area contributed by atoms with Crippen LogP contribution in [-0.4, -0.2) is 22.1 Å². The van der Waals surface area contributed by atoms with E-state index in [1.807, 2.05) is 31.2 Å². The Morgan fingerprint density at radius 2 is 2.00 bits per heavy atom. The lowest BCUT2D eigenvalue weighted by Gasteiger charge is -2.10. The molecule has 0 aliphatic carbocycles. The van der Waals surface area contributed by atoms with Gasteiger partial charge in [0.25, 0.3) is 0 Å². The summed E-state index contributed by atoms with van der Waals surface area (Å²) in [4.78, 5) is 13.4. The van der Waals surface area contributed by atoms with Crippen molar-refractivity contribution in [2.75, 3.05) is 7.11 Å². The maximum Gasteiger partial charge on any atom is 0.216 e. The number of hydrogen-bond acceptors (Lipinski definition) is 4. The largest absolute Gasteiger partial charge is 0.481 e. The second kappa shape index (κ2) is 5.78. The normalized spacial score (nSPS) is 12.2. The van der Waals surface area contributed by atoms with Crippen molar-refractivity contribution in [3.05, 3.63) is 35.7 Å². The fraction of sp³-hybridized carbons (Fsp3) is 0.400. The van der Waals surface area contributed by atoms with Crippen molar-refractivity contribution in [1.82, 2.24) is 15.0 Å². The molecule has 0 amide bonds. The average molecular weight is 257 g/mol. The summed E-state index contributed by atoms with van der Waals surface area (Å²) in [6.07, 6.45) is 1.06. The van der Waals surface area contributed by atoms with Crippen LogP contribution in [0.5, 0.6) is 5.88 Å².